The van der Waals surface area contributed by atoms with Crippen molar-refractivity contribution in [3.63, 3.8) is 0 Å². The number of amides is 1. The van der Waals surface area contributed by atoms with Gasteiger partial charge in [-0.3, -0.25) is 9.69 Å². The Kier molecular flexibility index (Phi) is 4.52. The quantitative estimate of drug-likeness (QED) is 0.840. The zero-order chi connectivity index (χ0) is 14.0. The fourth-order valence-electron chi connectivity index (χ4n) is 2.39. The summed E-state index contributed by atoms with van der Waals surface area (Å²) in [5.41, 5.74) is 0. The van der Waals surface area contributed by atoms with E-state index < -0.39 is 0 Å². The molecule has 0 bridgehead atoms. The Labute approximate surface area is 118 Å². The van der Waals surface area contributed by atoms with E-state index in [-0.39, 0.29) is 11.9 Å². The summed E-state index contributed by atoms with van der Waals surface area (Å²) in [7, 11) is 0. The van der Waals surface area contributed by atoms with Crippen molar-refractivity contribution in [2.75, 3.05) is 19.6 Å². The minimum absolute atomic E-state index is 0.0586. The van der Waals surface area contributed by atoms with Crippen molar-refractivity contribution < 1.29 is 4.79 Å². The third-order valence-corrected chi connectivity index (χ3v) is 4.19. The lowest BCUT2D eigenvalue weighted by Crippen LogP contribution is -2.56. The highest BCUT2D eigenvalue weighted by molar-refractivity contribution is 7.11. The highest BCUT2D eigenvalue weighted by atomic mass is 32.1. The second kappa shape index (κ2) is 5.96. The van der Waals surface area contributed by atoms with Gasteiger partial charge in [-0.1, -0.05) is 13.8 Å². The number of piperazine rings is 1. The number of carbonyl (C=O) groups is 1. The molecule has 1 aromatic rings. The molecule has 0 aromatic carbocycles. The predicted molar refractivity (Wildman–Crippen MR) is 75.9 cm³/mol. The average molecular weight is 282 g/mol. The fourth-order valence-corrected chi connectivity index (χ4v) is 3.12. The van der Waals surface area contributed by atoms with Crippen LogP contribution in [0, 0.1) is 12.8 Å². The molecule has 0 saturated carbocycles. The number of aromatic nitrogens is 2. The average Bonchev–Trinajstić information content (AvgIpc) is 2.74. The number of carbonyl (C=O) groups excluding carboxylic acids is 1. The van der Waals surface area contributed by atoms with Gasteiger partial charge in [0.05, 0.1) is 12.6 Å². The van der Waals surface area contributed by atoms with E-state index in [4.69, 9.17) is 0 Å². The molecule has 2 heterocycles. The van der Waals surface area contributed by atoms with Gasteiger partial charge in [0.15, 0.2) is 0 Å². The van der Waals surface area contributed by atoms with E-state index in [1.165, 1.54) is 0 Å². The van der Waals surface area contributed by atoms with E-state index >= 15 is 0 Å². The molecule has 5 nitrogen and oxygen atoms in total. The van der Waals surface area contributed by atoms with Crippen LogP contribution < -0.4 is 0 Å². The van der Waals surface area contributed by atoms with Gasteiger partial charge in [0.2, 0.25) is 5.91 Å². The van der Waals surface area contributed by atoms with Gasteiger partial charge >= 0.3 is 0 Å². The van der Waals surface area contributed by atoms with Gasteiger partial charge in [-0.05, 0) is 19.8 Å². The second-order valence-electron chi connectivity index (χ2n) is 5.54. The standard InChI is InChI=1S/C13H22N4OS/c1-9(2)7-17-6-5-16(10(3)13(17)18)8-12-15-14-11(4)19-12/h9-10H,5-8H2,1-4H3/t10-/m0/s1. The number of nitrogens with zero attached hydrogens (tertiary/aromatic N) is 4. The molecule has 1 saturated heterocycles. The molecule has 0 unspecified atom stereocenters. The van der Waals surface area contributed by atoms with E-state index in [0.717, 1.165) is 36.2 Å². The summed E-state index contributed by atoms with van der Waals surface area (Å²) in [6, 6.07) is -0.0586. The van der Waals surface area contributed by atoms with E-state index in [1.807, 2.05) is 18.7 Å². The van der Waals surface area contributed by atoms with Crippen LogP contribution in [-0.2, 0) is 11.3 Å². The molecule has 6 heteroatoms. The monoisotopic (exact) mass is 282 g/mol. The summed E-state index contributed by atoms with van der Waals surface area (Å²) in [5, 5.41) is 10.1. The SMILES string of the molecule is Cc1nnc(CN2CCN(CC(C)C)C(=O)[C@@H]2C)s1. The molecule has 106 valence electrons. The highest BCUT2D eigenvalue weighted by Crippen LogP contribution is 2.18. The molecule has 0 spiro atoms. The number of hydrogen-bond acceptors (Lipinski definition) is 5. The molecule has 1 atom stereocenters. The molecule has 19 heavy (non-hydrogen) atoms. The third kappa shape index (κ3) is 3.51. The first-order chi connectivity index (χ1) is 8.97. The van der Waals surface area contributed by atoms with Crippen molar-refractivity contribution in [2.24, 2.45) is 5.92 Å². The lowest BCUT2D eigenvalue weighted by molar-refractivity contribution is -0.141. The highest BCUT2D eigenvalue weighted by Gasteiger charge is 2.31. The van der Waals surface area contributed by atoms with Crippen molar-refractivity contribution in [2.45, 2.75) is 40.3 Å². The topological polar surface area (TPSA) is 49.3 Å². The van der Waals surface area contributed by atoms with Gasteiger partial charge in [0, 0.05) is 19.6 Å². The largest absolute Gasteiger partial charge is 0.340 e. The van der Waals surface area contributed by atoms with Crippen LogP contribution >= 0.6 is 11.3 Å². The maximum Gasteiger partial charge on any atom is 0.239 e. The van der Waals surface area contributed by atoms with E-state index in [9.17, 15) is 4.79 Å². The maximum absolute atomic E-state index is 12.3. The Hall–Kier alpha value is -1.01. The Bertz CT molecular complexity index is 446. The van der Waals surface area contributed by atoms with Crippen molar-refractivity contribution in [1.29, 1.82) is 0 Å². The van der Waals surface area contributed by atoms with Crippen molar-refractivity contribution in [3.8, 4) is 0 Å². The molecule has 0 N–H and O–H groups in total. The molecule has 0 aliphatic carbocycles. The van der Waals surface area contributed by atoms with Gasteiger partial charge in [0.25, 0.3) is 0 Å². The van der Waals surface area contributed by atoms with Crippen molar-refractivity contribution in [3.05, 3.63) is 10.0 Å². The third-order valence-electron chi connectivity index (χ3n) is 3.37. The second-order valence-corrected chi connectivity index (χ2v) is 6.81. The molecule has 1 aliphatic heterocycles. The lowest BCUT2D eigenvalue weighted by atomic mass is 10.1. The summed E-state index contributed by atoms with van der Waals surface area (Å²) in [5.74, 6) is 0.759. The summed E-state index contributed by atoms with van der Waals surface area (Å²) >= 11 is 1.61. The molecule has 1 amide bonds. The van der Waals surface area contributed by atoms with Crippen LogP contribution in [0.5, 0.6) is 0 Å². The number of rotatable bonds is 4. The zero-order valence-corrected chi connectivity index (χ0v) is 12.9. The Balaban J connectivity index is 1.97. The van der Waals surface area contributed by atoms with E-state index in [1.54, 1.807) is 11.3 Å². The van der Waals surface area contributed by atoms with Crippen LogP contribution in [0.1, 0.15) is 30.8 Å². The molecule has 2 rings (SSSR count). The van der Waals surface area contributed by atoms with Crippen LogP contribution in [0.4, 0.5) is 0 Å². The Morgan fingerprint density at radius 1 is 1.37 bits per heavy atom. The van der Waals surface area contributed by atoms with Crippen LogP contribution in [0.3, 0.4) is 0 Å². The van der Waals surface area contributed by atoms with Crippen molar-refractivity contribution in [1.82, 2.24) is 20.0 Å². The number of aryl methyl sites for hydroxylation is 1. The molecule has 1 aromatic heterocycles. The first kappa shape index (κ1) is 14.4. The maximum atomic E-state index is 12.3. The van der Waals surface area contributed by atoms with Gasteiger partial charge < -0.3 is 4.90 Å². The summed E-state index contributed by atoms with van der Waals surface area (Å²) < 4.78 is 0. The fraction of sp³-hybridized carbons (Fsp3) is 0.769. The summed E-state index contributed by atoms with van der Waals surface area (Å²) in [4.78, 5) is 16.5. The normalized spacial score (nSPS) is 21.4. The van der Waals surface area contributed by atoms with E-state index in [0.29, 0.717) is 5.92 Å². The Morgan fingerprint density at radius 3 is 2.68 bits per heavy atom. The minimum atomic E-state index is -0.0586. The molecule has 0 radical (unpaired) electrons. The smallest absolute Gasteiger partial charge is 0.239 e. The predicted octanol–water partition coefficient (Wildman–Crippen LogP) is 1.54. The van der Waals surface area contributed by atoms with Gasteiger partial charge in [0.1, 0.15) is 10.0 Å². The van der Waals surface area contributed by atoms with Crippen LogP contribution in [0.15, 0.2) is 0 Å². The Morgan fingerprint density at radius 2 is 2.11 bits per heavy atom. The van der Waals surface area contributed by atoms with Crippen LogP contribution in [0.2, 0.25) is 0 Å². The molecule has 1 fully saturated rings. The van der Waals surface area contributed by atoms with Gasteiger partial charge in [-0.2, -0.15) is 0 Å². The van der Waals surface area contributed by atoms with Gasteiger partial charge in [-0.15, -0.1) is 21.5 Å². The van der Waals surface area contributed by atoms with Crippen LogP contribution in [0.25, 0.3) is 0 Å². The van der Waals surface area contributed by atoms with E-state index in [2.05, 4.69) is 28.9 Å². The lowest BCUT2D eigenvalue weighted by Gasteiger charge is -2.39. The zero-order valence-electron chi connectivity index (χ0n) is 12.1. The first-order valence-electron chi connectivity index (χ1n) is 6.79. The van der Waals surface area contributed by atoms with Crippen LogP contribution in [-0.4, -0.2) is 51.6 Å². The molecule has 1 aliphatic rings. The minimum Gasteiger partial charge on any atom is -0.340 e. The summed E-state index contributed by atoms with van der Waals surface area (Å²) in [6.07, 6.45) is 0. The van der Waals surface area contributed by atoms with Gasteiger partial charge in [-0.25, -0.2) is 0 Å². The van der Waals surface area contributed by atoms with Crippen molar-refractivity contribution >= 4 is 17.2 Å². The molecular weight excluding hydrogens is 260 g/mol. The summed E-state index contributed by atoms with van der Waals surface area (Å²) in [6.45, 7) is 11.6. The first-order valence-corrected chi connectivity index (χ1v) is 7.61. The molecular formula is C13H22N4OS. The number of hydrogen-bond donors (Lipinski definition) is 0.